The third-order valence-electron chi connectivity index (χ3n) is 7.01. The molecule has 0 aliphatic carbocycles. The highest BCUT2D eigenvalue weighted by atomic mass is 15.1. The molecule has 33 heavy (non-hydrogen) atoms. The van der Waals surface area contributed by atoms with Crippen molar-refractivity contribution in [3.63, 3.8) is 0 Å². The van der Waals surface area contributed by atoms with Gasteiger partial charge in [0.25, 0.3) is 5.82 Å². The normalized spacial score (nSPS) is 11.3. The highest BCUT2D eigenvalue weighted by Gasteiger charge is 2.18. The summed E-state index contributed by atoms with van der Waals surface area (Å²) in [6, 6.07) is 11.0. The molecule has 1 aromatic carbocycles. The lowest BCUT2D eigenvalue weighted by Crippen LogP contribution is -2.34. The summed E-state index contributed by atoms with van der Waals surface area (Å²) in [4.78, 5) is 0. The molecule has 0 bridgehead atoms. The van der Waals surface area contributed by atoms with Crippen LogP contribution in [0.2, 0.25) is 0 Å². The van der Waals surface area contributed by atoms with E-state index < -0.39 is 0 Å². The number of hydrogen-bond donors (Lipinski definition) is 0. The Bertz CT molecular complexity index is 688. The molecular formula is C31H53N2+. The first-order chi connectivity index (χ1) is 16.4. The molecule has 2 rings (SSSR count). The summed E-state index contributed by atoms with van der Waals surface area (Å²) in [6.45, 7) is 6.86. The van der Waals surface area contributed by atoms with Gasteiger partial charge in [-0.25, -0.2) is 9.13 Å². The summed E-state index contributed by atoms with van der Waals surface area (Å²) in [5.41, 5.74) is 1.35. The molecule has 0 aliphatic rings. The fourth-order valence-electron chi connectivity index (χ4n) is 4.93. The van der Waals surface area contributed by atoms with Crippen molar-refractivity contribution in [1.29, 1.82) is 0 Å². The van der Waals surface area contributed by atoms with E-state index in [1.165, 1.54) is 127 Å². The van der Waals surface area contributed by atoms with Crippen molar-refractivity contribution < 1.29 is 4.57 Å². The molecule has 0 amide bonds. The molecule has 0 aliphatic heterocycles. The van der Waals surface area contributed by atoms with Gasteiger partial charge in [-0.05, 0) is 37.8 Å². The van der Waals surface area contributed by atoms with E-state index in [0.29, 0.717) is 0 Å². The predicted molar refractivity (Wildman–Crippen MR) is 145 cm³/mol. The van der Waals surface area contributed by atoms with Crippen LogP contribution in [0.1, 0.15) is 129 Å². The van der Waals surface area contributed by atoms with Gasteiger partial charge in [-0.3, -0.25) is 0 Å². The SMILES string of the molecule is CCCCCCCCCCCCCCCC[n+]1ccn(CCCCCC)c1-c1ccccc1. The lowest BCUT2D eigenvalue weighted by molar-refractivity contribution is -0.686. The average Bonchev–Trinajstić information content (AvgIpc) is 3.25. The Morgan fingerprint density at radius 1 is 0.576 bits per heavy atom. The Morgan fingerprint density at radius 2 is 1.06 bits per heavy atom. The maximum Gasteiger partial charge on any atom is 0.288 e. The third-order valence-corrected chi connectivity index (χ3v) is 7.01. The Kier molecular flexibility index (Phi) is 15.8. The number of aryl methyl sites for hydroxylation is 2. The van der Waals surface area contributed by atoms with Gasteiger partial charge >= 0.3 is 0 Å². The number of benzene rings is 1. The summed E-state index contributed by atoms with van der Waals surface area (Å²) in [6.07, 6.45) is 29.8. The van der Waals surface area contributed by atoms with E-state index in [0.717, 1.165) is 13.1 Å². The summed E-state index contributed by atoms with van der Waals surface area (Å²) in [7, 11) is 0. The van der Waals surface area contributed by atoms with Crippen molar-refractivity contribution in [3.8, 4) is 11.4 Å². The van der Waals surface area contributed by atoms with Gasteiger partial charge in [-0.2, -0.15) is 0 Å². The zero-order valence-corrected chi connectivity index (χ0v) is 22.1. The van der Waals surface area contributed by atoms with Crippen LogP contribution in [-0.2, 0) is 13.1 Å². The zero-order valence-electron chi connectivity index (χ0n) is 22.1. The monoisotopic (exact) mass is 453 g/mol. The Morgan fingerprint density at radius 3 is 1.61 bits per heavy atom. The third kappa shape index (κ3) is 11.9. The lowest BCUT2D eigenvalue weighted by atomic mass is 10.0. The first kappa shape index (κ1) is 27.7. The van der Waals surface area contributed by atoms with Crippen LogP contribution >= 0.6 is 0 Å². The van der Waals surface area contributed by atoms with Crippen molar-refractivity contribution in [3.05, 3.63) is 42.7 Å². The van der Waals surface area contributed by atoms with Crippen LogP contribution in [0.15, 0.2) is 42.7 Å². The molecule has 1 heterocycles. The zero-order chi connectivity index (χ0) is 23.4. The number of unbranched alkanes of at least 4 members (excludes halogenated alkanes) is 16. The standard InChI is InChI=1S/C31H53N2/c1-3-5-7-9-10-11-12-13-14-15-16-17-18-23-27-33-29-28-32(26-22-8-6-4-2)31(33)30-24-20-19-21-25-30/h19-21,24-25,28-29H,3-18,22-23,26-27H2,1-2H3/q+1. The maximum atomic E-state index is 2.50. The number of hydrogen-bond acceptors (Lipinski definition) is 0. The Labute approximate surface area is 205 Å². The summed E-state index contributed by atoms with van der Waals surface area (Å²) < 4.78 is 4.98. The summed E-state index contributed by atoms with van der Waals surface area (Å²) in [5, 5.41) is 0. The maximum absolute atomic E-state index is 2.50. The van der Waals surface area contributed by atoms with Gasteiger partial charge in [0.05, 0.1) is 18.7 Å². The van der Waals surface area contributed by atoms with E-state index in [4.69, 9.17) is 0 Å². The quantitative estimate of drug-likeness (QED) is 0.131. The van der Waals surface area contributed by atoms with Crippen LogP contribution < -0.4 is 4.57 Å². The highest BCUT2D eigenvalue weighted by molar-refractivity contribution is 5.52. The first-order valence-electron chi connectivity index (χ1n) is 14.5. The van der Waals surface area contributed by atoms with Crippen molar-refractivity contribution in [1.82, 2.24) is 4.57 Å². The molecule has 0 atom stereocenters. The second-order valence-corrected chi connectivity index (χ2v) is 10.0. The smallest absolute Gasteiger partial charge is 0.230 e. The average molecular weight is 454 g/mol. The molecule has 2 aromatic rings. The fourth-order valence-corrected chi connectivity index (χ4v) is 4.93. The van der Waals surface area contributed by atoms with Crippen LogP contribution in [0.4, 0.5) is 0 Å². The van der Waals surface area contributed by atoms with Gasteiger partial charge in [0.15, 0.2) is 0 Å². The van der Waals surface area contributed by atoms with Crippen molar-refractivity contribution in [2.45, 2.75) is 143 Å². The topological polar surface area (TPSA) is 8.81 Å². The van der Waals surface area contributed by atoms with Crippen molar-refractivity contribution >= 4 is 0 Å². The molecule has 0 saturated carbocycles. The van der Waals surface area contributed by atoms with Crippen molar-refractivity contribution in [2.75, 3.05) is 0 Å². The van der Waals surface area contributed by atoms with E-state index >= 15 is 0 Å². The molecular weight excluding hydrogens is 400 g/mol. The molecule has 186 valence electrons. The van der Waals surface area contributed by atoms with Gasteiger partial charge in [-0.1, -0.05) is 122 Å². The van der Waals surface area contributed by atoms with Gasteiger partial charge in [-0.15, -0.1) is 0 Å². The highest BCUT2D eigenvalue weighted by Crippen LogP contribution is 2.18. The predicted octanol–water partition coefficient (Wildman–Crippen LogP) is 9.50. The fraction of sp³-hybridized carbons (Fsp3) is 0.710. The van der Waals surface area contributed by atoms with Crippen LogP contribution in [0.25, 0.3) is 11.4 Å². The second kappa shape index (κ2) is 18.8. The van der Waals surface area contributed by atoms with E-state index in [2.05, 4.69) is 65.7 Å². The number of imidazole rings is 1. The van der Waals surface area contributed by atoms with Crippen LogP contribution in [0, 0.1) is 0 Å². The molecule has 0 N–H and O–H groups in total. The minimum atomic E-state index is 1.13. The minimum Gasteiger partial charge on any atom is -0.230 e. The molecule has 1 aromatic heterocycles. The Balaban J connectivity index is 1.62. The number of nitrogens with zero attached hydrogens (tertiary/aromatic N) is 2. The van der Waals surface area contributed by atoms with E-state index in [-0.39, 0.29) is 0 Å². The van der Waals surface area contributed by atoms with Gasteiger partial charge < -0.3 is 0 Å². The molecule has 0 fully saturated rings. The van der Waals surface area contributed by atoms with Crippen LogP contribution in [-0.4, -0.2) is 4.57 Å². The molecule has 0 saturated heterocycles. The molecule has 0 unspecified atom stereocenters. The minimum absolute atomic E-state index is 1.13. The Hall–Kier alpha value is -1.57. The second-order valence-electron chi connectivity index (χ2n) is 10.0. The van der Waals surface area contributed by atoms with Gasteiger partial charge in [0.2, 0.25) is 0 Å². The summed E-state index contributed by atoms with van der Waals surface area (Å²) >= 11 is 0. The molecule has 0 spiro atoms. The molecule has 0 radical (unpaired) electrons. The van der Waals surface area contributed by atoms with E-state index in [9.17, 15) is 0 Å². The van der Waals surface area contributed by atoms with E-state index in [1.54, 1.807) is 0 Å². The number of aromatic nitrogens is 2. The lowest BCUT2D eigenvalue weighted by Gasteiger charge is -2.06. The van der Waals surface area contributed by atoms with E-state index in [1.807, 2.05) is 0 Å². The summed E-state index contributed by atoms with van der Waals surface area (Å²) in [5.74, 6) is 1.39. The largest absolute Gasteiger partial charge is 0.288 e. The van der Waals surface area contributed by atoms with Crippen LogP contribution in [0.5, 0.6) is 0 Å². The molecule has 2 heteroatoms. The first-order valence-corrected chi connectivity index (χ1v) is 14.5. The molecule has 2 nitrogen and oxygen atoms in total. The van der Waals surface area contributed by atoms with Gasteiger partial charge in [0.1, 0.15) is 12.4 Å². The van der Waals surface area contributed by atoms with Crippen LogP contribution in [0.3, 0.4) is 0 Å². The van der Waals surface area contributed by atoms with Crippen molar-refractivity contribution in [2.24, 2.45) is 0 Å². The number of rotatable bonds is 21. The van der Waals surface area contributed by atoms with Gasteiger partial charge in [0, 0.05) is 0 Å².